The summed E-state index contributed by atoms with van der Waals surface area (Å²) in [6.45, 7) is 3.57. The Morgan fingerprint density at radius 2 is 1.96 bits per heavy atom. The van der Waals surface area contributed by atoms with Gasteiger partial charge in [0.1, 0.15) is 5.75 Å². The number of rotatable bonds is 6. The van der Waals surface area contributed by atoms with Crippen LogP contribution in [0.3, 0.4) is 0 Å². The molecule has 2 aromatic rings. The van der Waals surface area contributed by atoms with E-state index in [1.165, 1.54) is 0 Å². The molecule has 1 heterocycles. The molecular formula is C20H23ClN2O3. The minimum absolute atomic E-state index is 0.0604. The summed E-state index contributed by atoms with van der Waals surface area (Å²) >= 11 is 5.89. The van der Waals surface area contributed by atoms with Gasteiger partial charge in [0, 0.05) is 30.2 Å². The van der Waals surface area contributed by atoms with E-state index in [-0.39, 0.29) is 11.9 Å². The SMILES string of the molecule is COc1cccc([C@H](CNC(=O)c2ccc(Cl)cc2)N2CCOCC2)c1. The van der Waals surface area contributed by atoms with Gasteiger partial charge in [0.25, 0.3) is 5.91 Å². The first kappa shape index (κ1) is 18.7. The highest BCUT2D eigenvalue weighted by Gasteiger charge is 2.23. The molecule has 2 aromatic carbocycles. The van der Waals surface area contributed by atoms with Crippen molar-refractivity contribution in [2.24, 2.45) is 0 Å². The van der Waals surface area contributed by atoms with Crippen molar-refractivity contribution in [3.05, 3.63) is 64.7 Å². The molecular weight excluding hydrogens is 352 g/mol. The molecule has 1 fully saturated rings. The van der Waals surface area contributed by atoms with Crippen molar-refractivity contribution in [2.45, 2.75) is 6.04 Å². The van der Waals surface area contributed by atoms with E-state index in [4.69, 9.17) is 21.1 Å². The lowest BCUT2D eigenvalue weighted by Crippen LogP contribution is -2.43. The number of carbonyl (C=O) groups is 1. The quantitative estimate of drug-likeness (QED) is 0.843. The van der Waals surface area contributed by atoms with Crippen LogP contribution in [-0.2, 0) is 4.74 Å². The Hall–Kier alpha value is -2.08. The highest BCUT2D eigenvalue weighted by atomic mass is 35.5. The normalized spacial score (nSPS) is 16.1. The molecule has 1 N–H and O–H groups in total. The Morgan fingerprint density at radius 3 is 2.65 bits per heavy atom. The van der Waals surface area contributed by atoms with Crippen LogP contribution in [0.25, 0.3) is 0 Å². The summed E-state index contributed by atoms with van der Waals surface area (Å²) in [7, 11) is 1.66. The topological polar surface area (TPSA) is 50.8 Å². The van der Waals surface area contributed by atoms with Gasteiger partial charge in [0.05, 0.1) is 26.4 Å². The molecule has 5 nitrogen and oxygen atoms in total. The molecule has 0 radical (unpaired) electrons. The fourth-order valence-corrected chi connectivity index (χ4v) is 3.21. The first-order valence-electron chi connectivity index (χ1n) is 8.67. The highest BCUT2D eigenvalue weighted by Crippen LogP contribution is 2.25. The van der Waals surface area contributed by atoms with E-state index in [0.29, 0.717) is 30.3 Å². The van der Waals surface area contributed by atoms with Crippen LogP contribution in [-0.4, -0.2) is 50.8 Å². The number of methoxy groups -OCH3 is 1. The summed E-state index contributed by atoms with van der Waals surface area (Å²) < 4.78 is 10.8. The molecule has 138 valence electrons. The van der Waals surface area contributed by atoms with E-state index in [1.54, 1.807) is 31.4 Å². The summed E-state index contributed by atoms with van der Waals surface area (Å²) in [5, 5.41) is 3.66. The van der Waals surface area contributed by atoms with Crippen molar-refractivity contribution in [3.63, 3.8) is 0 Å². The van der Waals surface area contributed by atoms with Gasteiger partial charge in [-0.15, -0.1) is 0 Å². The predicted molar refractivity (Wildman–Crippen MR) is 102 cm³/mol. The second-order valence-corrected chi connectivity index (χ2v) is 6.59. The molecule has 0 spiro atoms. The molecule has 1 saturated heterocycles. The lowest BCUT2D eigenvalue weighted by atomic mass is 10.0. The van der Waals surface area contributed by atoms with Gasteiger partial charge in [-0.1, -0.05) is 23.7 Å². The molecule has 6 heteroatoms. The molecule has 0 saturated carbocycles. The lowest BCUT2D eigenvalue weighted by Gasteiger charge is -2.35. The van der Waals surface area contributed by atoms with Crippen molar-refractivity contribution < 1.29 is 14.3 Å². The van der Waals surface area contributed by atoms with Gasteiger partial charge in [-0.2, -0.15) is 0 Å². The van der Waals surface area contributed by atoms with E-state index in [0.717, 1.165) is 24.4 Å². The number of nitrogens with one attached hydrogen (secondary N) is 1. The summed E-state index contributed by atoms with van der Waals surface area (Å²) in [6, 6.07) is 14.9. The molecule has 3 rings (SSSR count). The average molecular weight is 375 g/mol. The maximum atomic E-state index is 12.5. The van der Waals surface area contributed by atoms with Gasteiger partial charge >= 0.3 is 0 Å². The third-order valence-electron chi connectivity index (χ3n) is 4.53. The van der Waals surface area contributed by atoms with Gasteiger partial charge in [-0.25, -0.2) is 0 Å². The first-order chi connectivity index (χ1) is 12.7. The smallest absolute Gasteiger partial charge is 0.251 e. The minimum Gasteiger partial charge on any atom is -0.497 e. The first-order valence-corrected chi connectivity index (χ1v) is 9.04. The molecule has 0 aromatic heterocycles. The van der Waals surface area contributed by atoms with Crippen LogP contribution in [0.4, 0.5) is 0 Å². The second-order valence-electron chi connectivity index (χ2n) is 6.16. The van der Waals surface area contributed by atoms with E-state index >= 15 is 0 Å². The summed E-state index contributed by atoms with van der Waals surface area (Å²) in [6.07, 6.45) is 0. The minimum atomic E-state index is -0.108. The van der Waals surface area contributed by atoms with E-state index in [9.17, 15) is 4.79 Å². The van der Waals surface area contributed by atoms with Gasteiger partial charge in [0.2, 0.25) is 0 Å². The van der Waals surface area contributed by atoms with Crippen molar-refractivity contribution in [1.82, 2.24) is 10.2 Å². The van der Waals surface area contributed by atoms with E-state index < -0.39 is 0 Å². The third kappa shape index (κ3) is 4.75. The Bertz CT molecular complexity index is 730. The summed E-state index contributed by atoms with van der Waals surface area (Å²) in [4.78, 5) is 14.8. The maximum Gasteiger partial charge on any atom is 0.251 e. The number of halogens is 1. The fraction of sp³-hybridized carbons (Fsp3) is 0.350. The zero-order valence-electron chi connectivity index (χ0n) is 14.8. The van der Waals surface area contributed by atoms with Crippen molar-refractivity contribution in [2.75, 3.05) is 40.0 Å². The summed E-state index contributed by atoms with van der Waals surface area (Å²) in [5.74, 6) is 0.701. The monoisotopic (exact) mass is 374 g/mol. The van der Waals surface area contributed by atoms with Crippen LogP contribution in [0.2, 0.25) is 5.02 Å². The molecule has 0 unspecified atom stereocenters. The van der Waals surface area contributed by atoms with Crippen LogP contribution >= 0.6 is 11.6 Å². The number of amides is 1. The van der Waals surface area contributed by atoms with Crippen LogP contribution < -0.4 is 10.1 Å². The maximum absolute atomic E-state index is 12.5. The van der Waals surface area contributed by atoms with Gasteiger partial charge in [0.15, 0.2) is 0 Å². The Kier molecular flexibility index (Phi) is 6.50. The van der Waals surface area contributed by atoms with Crippen LogP contribution in [0.15, 0.2) is 48.5 Å². The molecule has 0 bridgehead atoms. The molecule has 0 aliphatic carbocycles. The predicted octanol–water partition coefficient (Wildman–Crippen LogP) is 3.15. The van der Waals surface area contributed by atoms with Crippen molar-refractivity contribution in [1.29, 1.82) is 0 Å². The largest absolute Gasteiger partial charge is 0.497 e. The molecule has 1 aliphatic heterocycles. The van der Waals surface area contributed by atoms with E-state index in [1.807, 2.05) is 18.2 Å². The second kappa shape index (κ2) is 9.03. The number of morpholine rings is 1. The lowest BCUT2D eigenvalue weighted by molar-refractivity contribution is 0.0162. The number of hydrogen-bond donors (Lipinski definition) is 1. The number of carbonyl (C=O) groups excluding carboxylic acids is 1. The Balaban J connectivity index is 1.74. The third-order valence-corrected chi connectivity index (χ3v) is 4.78. The zero-order valence-corrected chi connectivity index (χ0v) is 15.5. The molecule has 26 heavy (non-hydrogen) atoms. The molecule has 1 amide bonds. The zero-order chi connectivity index (χ0) is 18.4. The number of hydrogen-bond acceptors (Lipinski definition) is 4. The van der Waals surface area contributed by atoms with Crippen LogP contribution in [0.1, 0.15) is 22.0 Å². The van der Waals surface area contributed by atoms with Gasteiger partial charge in [-0.3, -0.25) is 9.69 Å². The van der Waals surface area contributed by atoms with Gasteiger partial charge in [-0.05, 0) is 42.0 Å². The fourth-order valence-electron chi connectivity index (χ4n) is 3.09. The van der Waals surface area contributed by atoms with Crippen molar-refractivity contribution in [3.8, 4) is 5.75 Å². The number of ether oxygens (including phenoxy) is 2. The Morgan fingerprint density at radius 1 is 1.23 bits per heavy atom. The standard InChI is InChI=1S/C20H23ClN2O3/c1-25-18-4-2-3-16(13-18)19(23-9-11-26-12-10-23)14-22-20(24)15-5-7-17(21)8-6-15/h2-8,13,19H,9-12,14H2,1H3,(H,22,24)/t19-/m0/s1. The Labute approximate surface area is 158 Å². The highest BCUT2D eigenvalue weighted by molar-refractivity contribution is 6.30. The van der Waals surface area contributed by atoms with Gasteiger partial charge < -0.3 is 14.8 Å². The van der Waals surface area contributed by atoms with Crippen LogP contribution in [0, 0.1) is 0 Å². The number of benzene rings is 2. The van der Waals surface area contributed by atoms with E-state index in [2.05, 4.69) is 16.3 Å². The average Bonchev–Trinajstić information content (AvgIpc) is 2.69. The molecule has 1 atom stereocenters. The van der Waals surface area contributed by atoms with Crippen molar-refractivity contribution >= 4 is 17.5 Å². The summed E-state index contributed by atoms with van der Waals surface area (Å²) in [5.41, 5.74) is 1.71. The number of nitrogens with zero attached hydrogens (tertiary/aromatic N) is 1. The van der Waals surface area contributed by atoms with Crippen LogP contribution in [0.5, 0.6) is 5.75 Å². The molecule has 1 aliphatic rings.